The molecule has 124 valence electrons. The van der Waals surface area contributed by atoms with Crippen molar-refractivity contribution in [3.8, 4) is 5.75 Å². The van der Waals surface area contributed by atoms with Crippen molar-refractivity contribution in [3.63, 3.8) is 0 Å². The summed E-state index contributed by atoms with van der Waals surface area (Å²) < 4.78 is 55.4. The van der Waals surface area contributed by atoms with Gasteiger partial charge in [0.1, 0.15) is 5.75 Å². The molecule has 0 bridgehead atoms. The molecule has 6 nitrogen and oxygen atoms in total. The van der Waals surface area contributed by atoms with Gasteiger partial charge in [0.2, 0.25) is 0 Å². The summed E-state index contributed by atoms with van der Waals surface area (Å²) in [5, 5.41) is 0. The highest BCUT2D eigenvalue weighted by molar-refractivity contribution is 9.10. The molecule has 0 aliphatic carbocycles. The van der Waals surface area contributed by atoms with Gasteiger partial charge < -0.3 is 4.74 Å². The minimum atomic E-state index is -3.79. The predicted octanol–water partition coefficient (Wildman–Crippen LogP) is 2.66. The van der Waals surface area contributed by atoms with Crippen LogP contribution in [0.2, 0.25) is 0 Å². The average Bonchev–Trinajstić information content (AvgIpc) is 2.46. The normalized spacial score (nSPS) is 12.0. The highest BCUT2D eigenvalue weighted by atomic mass is 79.9. The van der Waals surface area contributed by atoms with Gasteiger partial charge >= 0.3 is 0 Å². The maximum atomic E-state index is 12.3. The molecule has 2 rings (SSSR count). The maximum Gasteiger partial charge on any atom is 0.261 e. The minimum Gasteiger partial charge on any atom is -0.496 e. The number of halogens is 1. The summed E-state index contributed by atoms with van der Waals surface area (Å²) in [5.41, 5.74) is 0.268. The van der Waals surface area contributed by atoms with Gasteiger partial charge in [-0.15, -0.1) is 0 Å². The molecule has 0 saturated heterocycles. The Morgan fingerprint density at radius 2 is 1.52 bits per heavy atom. The van der Waals surface area contributed by atoms with Crippen molar-refractivity contribution in [2.24, 2.45) is 0 Å². The van der Waals surface area contributed by atoms with E-state index in [-0.39, 0.29) is 15.5 Å². The smallest absolute Gasteiger partial charge is 0.261 e. The molecule has 0 aromatic heterocycles. The van der Waals surface area contributed by atoms with E-state index in [1.54, 1.807) is 0 Å². The van der Waals surface area contributed by atoms with E-state index in [2.05, 4.69) is 20.7 Å². The number of rotatable bonds is 5. The number of sulfone groups is 1. The maximum absolute atomic E-state index is 12.3. The zero-order chi connectivity index (χ0) is 17.3. The van der Waals surface area contributed by atoms with Crippen LogP contribution in [0.1, 0.15) is 0 Å². The number of methoxy groups -OCH3 is 1. The van der Waals surface area contributed by atoms with Gasteiger partial charge in [-0.3, -0.25) is 4.72 Å². The van der Waals surface area contributed by atoms with Crippen LogP contribution in [0.4, 0.5) is 5.69 Å². The van der Waals surface area contributed by atoms with E-state index < -0.39 is 19.9 Å². The fourth-order valence-corrected chi connectivity index (χ4v) is 4.21. The number of hydrogen-bond acceptors (Lipinski definition) is 5. The minimum absolute atomic E-state index is 0.0531. The van der Waals surface area contributed by atoms with Gasteiger partial charge in [-0.2, -0.15) is 0 Å². The molecule has 0 aliphatic rings. The van der Waals surface area contributed by atoms with Crippen molar-refractivity contribution in [1.82, 2.24) is 0 Å². The van der Waals surface area contributed by atoms with Crippen LogP contribution < -0.4 is 9.46 Å². The molecule has 0 radical (unpaired) electrons. The first-order chi connectivity index (χ1) is 10.6. The van der Waals surface area contributed by atoms with E-state index >= 15 is 0 Å². The third-order valence-electron chi connectivity index (χ3n) is 2.97. The molecular formula is C14H14BrNO5S2. The number of sulfonamides is 1. The van der Waals surface area contributed by atoms with Gasteiger partial charge in [-0.1, -0.05) is 0 Å². The van der Waals surface area contributed by atoms with Crippen molar-refractivity contribution in [2.45, 2.75) is 9.79 Å². The molecule has 0 spiro atoms. The van der Waals surface area contributed by atoms with Crippen molar-refractivity contribution >= 4 is 41.5 Å². The monoisotopic (exact) mass is 419 g/mol. The summed E-state index contributed by atoms with van der Waals surface area (Å²) in [5.74, 6) is 0.515. The lowest BCUT2D eigenvalue weighted by atomic mass is 10.3. The zero-order valence-corrected chi connectivity index (χ0v) is 15.5. The van der Waals surface area contributed by atoms with Crippen LogP contribution in [0, 0.1) is 0 Å². The average molecular weight is 420 g/mol. The molecule has 0 heterocycles. The summed E-state index contributed by atoms with van der Waals surface area (Å²) in [7, 11) is -5.64. The summed E-state index contributed by atoms with van der Waals surface area (Å²) in [6.07, 6.45) is 1.08. The van der Waals surface area contributed by atoms with Gasteiger partial charge in [0.15, 0.2) is 9.84 Å². The first kappa shape index (κ1) is 17.8. The molecule has 1 N–H and O–H groups in total. The quantitative estimate of drug-likeness (QED) is 0.804. The van der Waals surface area contributed by atoms with Gasteiger partial charge in [-0.05, 0) is 58.4 Å². The van der Waals surface area contributed by atoms with Gasteiger partial charge in [0, 0.05) is 11.9 Å². The number of ether oxygens (including phenoxy) is 1. The lowest BCUT2D eigenvalue weighted by molar-refractivity contribution is 0.411. The van der Waals surface area contributed by atoms with Gasteiger partial charge in [-0.25, -0.2) is 16.8 Å². The molecule has 0 amide bonds. The number of benzene rings is 2. The molecule has 2 aromatic rings. The lowest BCUT2D eigenvalue weighted by Crippen LogP contribution is -2.13. The van der Waals surface area contributed by atoms with Crippen molar-refractivity contribution in [1.29, 1.82) is 0 Å². The standard InChI is InChI=1S/C14H14BrNO5S2/c1-21-14-8-7-12(9-13(14)15)23(19,20)16-10-3-5-11(6-4-10)22(2,17)18/h3-9,16H,1-2H3. The lowest BCUT2D eigenvalue weighted by Gasteiger charge is -2.10. The SMILES string of the molecule is COc1ccc(S(=O)(=O)Nc2ccc(S(C)(=O)=O)cc2)cc1Br. The van der Waals surface area contributed by atoms with Crippen LogP contribution in [0.5, 0.6) is 5.75 Å². The Morgan fingerprint density at radius 3 is 2.00 bits per heavy atom. The molecular weight excluding hydrogens is 406 g/mol. The van der Waals surface area contributed by atoms with E-state index in [0.29, 0.717) is 10.2 Å². The van der Waals surface area contributed by atoms with E-state index in [4.69, 9.17) is 4.74 Å². The molecule has 0 aliphatic heterocycles. The second-order valence-corrected chi connectivity index (χ2v) is 9.25. The second kappa shape index (κ2) is 6.50. The Bertz CT molecular complexity index is 922. The Hall–Kier alpha value is -1.58. The number of nitrogens with one attached hydrogen (secondary N) is 1. The van der Waals surface area contributed by atoms with E-state index in [9.17, 15) is 16.8 Å². The Balaban J connectivity index is 2.29. The topological polar surface area (TPSA) is 89.5 Å². The van der Waals surface area contributed by atoms with Crippen molar-refractivity contribution in [2.75, 3.05) is 18.1 Å². The summed E-state index contributed by atoms with van der Waals surface area (Å²) in [6, 6.07) is 9.85. The molecule has 23 heavy (non-hydrogen) atoms. The highest BCUT2D eigenvalue weighted by Gasteiger charge is 2.16. The Labute approximate surface area is 143 Å². The number of anilines is 1. The third kappa shape index (κ3) is 4.24. The first-order valence-corrected chi connectivity index (χ1v) is 10.5. The van der Waals surface area contributed by atoms with E-state index in [1.165, 1.54) is 49.6 Å². The largest absolute Gasteiger partial charge is 0.496 e. The fraction of sp³-hybridized carbons (Fsp3) is 0.143. The molecule has 0 atom stereocenters. The van der Waals surface area contributed by atoms with Crippen molar-refractivity contribution in [3.05, 3.63) is 46.9 Å². The Morgan fingerprint density at radius 1 is 0.957 bits per heavy atom. The summed E-state index contributed by atoms with van der Waals surface area (Å²) >= 11 is 3.23. The van der Waals surface area contributed by atoms with E-state index in [1.807, 2.05) is 0 Å². The Kier molecular flexibility index (Phi) is 5.02. The van der Waals surface area contributed by atoms with Crippen LogP contribution in [-0.4, -0.2) is 30.2 Å². The molecule has 0 saturated carbocycles. The van der Waals surface area contributed by atoms with Crippen LogP contribution in [0.25, 0.3) is 0 Å². The second-order valence-electron chi connectivity index (χ2n) is 4.70. The van der Waals surface area contributed by atoms with Crippen LogP contribution in [0.3, 0.4) is 0 Å². The number of hydrogen-bond donors (Lipinski definition) is 1. The van der Waals surface area contributed by atoms with Crippen LogP contribution in [0.15, 0.2) is 56.7 Å². The molecule has 9 heteroatoms. The van der Waals surface area contributed by atoms with E-state index in [0.717, 1.165) is 6.26 Å². The first-order valence-electron chi connectivity index (χ1n) is 6.30. The van der Waals surface area contributed by atoms with Crippen LogP contribution >= 0.6 is 15.9 Å². The molecule has 2 aromatic carbocycles. The van der Waals surface area contributed by atoms with Crippen molar-refractivity contribution < 1.29 is 21.6 Å². The fourth-order valence-electron chi connectivity index (χ4n) is 1.80. The van der Waals surface area contributed by atoms with Crippen LogP contribution in [-0.2, 0) is 19.9 Å². The van der Waals surface area contributed by atoms with Gasteiger partial charge in [0.05, 0.1) is 21.4 Å². The summed E-state index contributed by atoms with van der Waals surface area (Å²) in [4.78, 5) is 0.171. The zero-order valence-electron chi connectivity index (χ0n) is 12.3. The molecule has 0 fully saturated rings. The predicted molar refractivity (Wildman–Crippen MR) is 91.1 cm³/mol. The molecule has 0 unspecified atom stereocenters. The third-order valence-corrected chi connectivity index (χ3v) is 6.10. The highest BCUT2D eigenvalue weighted by Crippen LogP contribution is 2.28. The van der Waals surface area contributed by atoms with Gasteiger partial charge in [0.25, 0.3) is 10.0 Å². The summed E-state index contributed by atoms with van der Waals surface area (Å²) in [6.45, 7) is 0.